The first-order valence-corrected chi connectivity index (χ1v) is 10.9. The molecule has 1 fully saturated rings. The molecule has 0 unspecified atom stereocenters. The van der Waals surface area contributed by atoms with E-state index in [1.807, 2.05) is 47.4 Å². The van der Waals surface area contributed by atoms with Gasteiger partial charge in [-0.05, 0) is 42.2 Å². The third-order valence-electron chi connectivity index (χ3n) is 6.51. The van der Waals surface area contributed by atoms with Crippen molar-refractivity contribution in [2.24, 2.45) is 0 Å². The Kier molecular flexibility index (Phi) is 6.16. The van der Waals surface area contributed by atoms with E-state index in [0.717, 1.165) is 49.9 Å². The summed E-state index contributed by atoms with van der Waals surface area (Å²) in [5.41, 5.74) is 2.27. The Bertz CT molecular complexity index is 966. The van der Waals surface area contributed by atoms with Crippen molar-refractivity contribution in [2.45, 2.75) is 37.6 Å². The summed E-state index contributed by atoms with van der Waals surface area (Å²) in [6.45, 7) is 1.54. The molecule has 0 saturated carbocycles. The minimum Gasteiger partial charge on any atom is -0.493 e. The number of benzene rings is 2. The Morgan fingerprint density at radius 3 is 2.29 bits per heavy atom. The lowest BCUT2D eigenvalue weighted by molar-refractivity contribution is -0.134. The third kappa shape index (κ3) is 3.87. The van der Waals surface area contributed by atoms with Gasteiger partial charge in [0.1, 0.15) is 0 Å². The van der Waals surface area contributed by atoms with Crippen LogP contribution in [0.15, 0.2) is 42.5 Å². The highest BCUT2D eigenvalue weighted by atomic mass is 16.5. The van der Waals surface area contributed by atoms with Crippen molar-refractivity contribution in [2.75, 3.05) is 34.4 Å². The fourth-order valence-electron chi connectivity index (χ4n) is 4.88. The normalized spacial score (nSPS) is 21.3. The molecule has 6 heteroatoms. The molecule has 2 atom stereocenters. The molecule has 0 aromatic heterocycles. The van der Waals surface area contributed by atoms with Crippen molar-refractivity contribution >= 4 is 11.8 Å². The lowest BCUT2D eigenvalue weighted by atomic mass is 9.79. The first kappa shape index (κ1) is 21.2. The van der Waals surface area contributed by atoms with Crippen molar-refractivity contribution in [1.82, 2.24) is 9.80 Å². The van der Waals surface area contributed by atoms with E-state index in [2.05, 4.69) is 0 Å². The van der Waals surface area contributed by atoms with Gasteiger partial charge < -0.3 is 19.3 Å². The summed E-state index contributed by atoms with van der Waals surface area (Å²) in [6, 6.07) is 12.7. The standard InChI is InChI=1S/C25H30N2O4/c1-26-23(17-12-13-20(30-2)21(16-17)31-3)22(18-10-6-7-11-19(18)24(26)28)25(29)27-14-8-4-5-9-15-27/h6-7,10-13,16,22-23H,4-5,8-9,14-15H2,1-3H3/t22-,23+/m1/s1. The number of likely N-dealkylation sites (N-methyl/N-ethyl adjacent to an activating group) is 1. The molecule has 164 valence electrons. The van der Waals surface area contributed by atoms with Crippen LogP contribution in [0.4, 0.5) is 0 Å². The Balaban J connectivity index is 1.83. The molecule has 6 nitrogen and oxygen atoms in total. The van der Waals surface area contributed by atoms with Crippen molar-refractivity contribution < 1.29 is 19.1 Å². The van der Waals surface area contributed by atoms with Gasteiger partial charge in [-0.1, -0.05) is 37.1 Å². The maximum atomic E-state index is 13.9. The fraction of sp³-hybridized carbons (Fsp3) is 0.440. The largest absolute Gasteiger partial charge is 0.493 e. The summed E-state index contributed by atoms with van der Waals surface area (Å²) in [5, 5.41) is 0. The quantitative estimate of drug-likeness (QED) is 0.747. The molecule has 0 N–H and O–H groups in total. The van der Waals surface area contributed by atoms with Crippen molar-refractivity contribution in [3.8, 4) is 11.5 Å². The van der Waals surface area contributed by atoms with E-state index in [1.54, 1.807) is 26.2 Å². The Morgan fingerprint density at radius 1 is 0.935 bits per heavy atom. The van der Waals surface area contributed by atoms with E-state index in [0.29, 0.717) is 17.1 Å². The van der Waals surface area contributed by atoms with Gasteiger partial charge in [0.15, 0.2) is 11.5 Å². The molecule has 2 aromatic carbocycles. The van der Waals surface area contributed by atoms with E-state index in [9.17, 15) is 9.59 Å². The summed E-state index contributed by atoms with van der Waals surface area (Å²) < 4.78 is 10.9. The lowest BCUT2D eigenvalue weighted by Crippen LogP contribution is -2.47. The zero-order valence-electron chi connectivity index (χ0n) is 18.5. The second-order valence-corrected chi connectivity index (χ2v) is 8.28. The van der Waals surface area contributed by atoms with Gasteiger partial charge in [-0.15, -0.1) is 0 Å². The SMILES string of the molecule is COc1ccc([C@H]2[C@H](C(=O)N3CCCCCC3)c3ccccc3C(=O)N2C)cc1OC. The molecule has 2 aliphatic rings. The van der Waals surface area contributed by atoms with Crippen LogP contribution < -0.4 is 9.47 Å². The summed E-state index contributed by atoms with van der Waals surface area (Å²) in [7, 11) is 4.96. The highest BCUT2D eigenvalue weighted by Gasteiger charge is 2.44. The van der Waals surface area contributed by atoms with E-state index in [1.165, 1.54) is 0 Å². The first-order valence-electron chi connectivity index (χ1n) is 10.9. The van der Waals surface area contributed by atoms with E-state index >= 15 is 0 Å². The van der Waals surface area contributed by atoms with Crippen LogP contribution >= 0.6 is 0 Å². The molecule has 0 radical (unpaired) electrons. The second kappa shape index (κ2) is 9.00. The number of carbonyl (C=O) groups excluding carboxylic acids is 2. The van der Waals surface area contributed by atoms with Gasteiger partial charge in [0.05, 0.1) is 26.2 Å². The van der Waals surface area contributed by atoms with Gasteiger partial charge in [0.25, 0.3) is 5.91 Å². The number of methoxy groups -OCH3 is 2. The third-order valence-corrected chi connectivity index (χ3v) is 6.51. The molecular weight excluding hydrogens is 392 g/mol. The van der Waals surface area contributed by atoms with Crippen molar-refractivity contribution in [3.63, 3.8) is 0 Å². The Labute approximate surface area is 183 Å². The van der Waals surface area contributed by atoms with Gasteiger partial charge in [-0.25, -0.2) is 0 Å². The number of nitrogens with zero attached hydrogens (tertiary/aromatic N) is 2. The van der Waals surface area contributed by atoms with Gasteiger partial charge >= 0.3 is 0 Å². The van der Waals surface area contributed by atoms with E-state index < -0.39 is 12.0 Å². The van der Waals surface area contributed by atoms with Gasteiger partial charge in [0, 0.05) is 25.7 Å². The number of hydrogen-bond acceptors (Lipinski definition) is 4. The summed E-state index contributed by atoms with van der Waals surface area (Å²) in [6.07, 6.45) is 4.36. The molecule has 0 aliphatic carbocycles. The molecule has 4 rings (SSSR count). The molecule has 2 amide bonds. The Hall–Kier alpha value is -3.02. The molecular formula is C25H30N2O4. The predicted molar refractivity (Wildman–Crippen MR) is 119 cm³/mol. The van der Waals surface area contributed by atoms with Crippen LogP contribution in [-0.4, -0.2) is 56.0 Å². The number of fused-ring (bicyclic) bond motifs is 1. The summed E-state index contributed by atoms with van der Waals surface area (Å²) >= 11 is 0. The zero-order chi connectivity index (χ0) is 22.0. The fourth-order valence-corrected chi connectivity index (χ4v) is 4.88. The minimum atomic E-state index is -0.463. The summed E-state index contributed by atoms with van der Waals surface area (Å²) in [4.78, 5) is 30.8. The van der Waals surface area contributed by atoms with Crippen LogP contribution in [0.1, 0.15) is 59.1 Å². The predicted octanol–water partition coefficient (Wildman–Crippen LogP) is 4.02. The average Bonchev–Trinajstić information content (AvgIpc) is 3.10. The van der Waals surface area contributed by atoms with Crippen LogP contribution in [0.2, 0.25) is 0 Å². The van der Waals surface area contributed by atoms with Crippen LogP contribution in [0, 0.1) is 0 Å². The van der Waals surface area contributed by atoms with Crippen molar-refractivity contribution in [3.05, 3.63) is 59.2 Å². The summed E-state index contributed by atoms with van der Waals surface area (Å²) in [5.74, 6) is 0.756. The first-order chi connectivity index (χ1) is 15.1. The topological polar surface area (TPSA) is 59.1 Å². The number of rotatable bonds is 4. The number of ether oxygens (including phenoxy) is 2. The minimum absolute atomic E-state index is 0.0738. The van der Waals surface area contributed by atoms with Gasteiger partial charge in [-0.3, -0.25) is 9.59 Å². The second-order valence-electron chi connectivity index (χ2n) is 8.28. The van der Waals surface area contributed by atoms with Crippen molar-refractivity contribution in [1.29, 1.82) is 0 Å². The molecule has 2 heterocycles. The lowest BCUT2D eigenvalue weighted by Gasteiger charge is -2.41. The van der Waals surface area contributed by atoms with Crippen LogP contribution in [0.3, 0.4) is 0 Å². The molecule has 0 spiro atoms. The van der Waals surface area contributed by atoms with Gasteiger partial charge in [0.2, 0.25) is 5.91 Å². The maximum absolute atomic E-state index is 13.9. The van der Waals surface area contributed by atoms with Crippen LogP contribution in [0.5, 0.6) is 11.5 Å². The highest BCUT2D eigenvalue weighted by Crippen LogP contribution is 2.44. The van der Waals surface area contributed by atoms with Crippen LogP contribution in [0.25, 0.3) is 0 Å². The number of likely N-dealkylation sites (tertiary alicyclic amines) is 1. The molecule has 0 bridgehead atoms. The molecule has 2 aliphatic heterocycles. The Morgan fingerprint density at radius 2 is 1.61 bits per heavy atom. The smallest absolute Gasteiger partial charge is 0.254 e. The molecule has 1 saturated heterocycles. The molecule has 2 aromatic rings. The van der Waals surface area contributed by atoms with Gasteiger partial charge in [-0.2, -0.15) is 0 Å². The maximum Gasteiger partial charge on any atom is 0.254 e. The van der Waals surface area contributed by atoms with Crippen LogP contribution in [-0.2, 0) is 4.79 Å². The highest BCUT2D eigenvalue weighted by molar-refractivity contribution is 6.01. The number of carbonyl (C=O) groups is 2. The molecule has 31 heavy (non-hydrogen) atoms. The number of hydrogen-bond donors (Lipinski definition) is 0. The monoisotopic (exact) mass is 422 g/mol. The number of amides is 2. The van der Waals surface area contributed by atoms with E-state index in [-0.39, 0.29) is 11.8 Å². The average molecular weight is 423 g/mol. The van der Waals surface area contributed by atoms with E-state index in [4.69, 9.17) is 9.47 Å². The zero-order valence-corrected chi connectivity index (χ0v) is 18.5.